The van der Waals surface area contributed by atoms with Crippen LogP contribution in [0.1, 0.15) is 5.56 Å². The number of phenolic OH excluding ortho intramolecular Hbond substituents is 1. The predicted molar refractivity (Wildman–Crippen MR) is 100 cm³/mol. The van der Waals surface area contributed by atoms with Crippen molar-refractivity contribution in [1.29, 1.82) is 0 Å². The molecule has 7 heteroatoms. The van der Waals surface area contributed by atoms with Crippen LogP contribution in [0.3, 0.4) is 0 Å². The molecule has 0 spiro atoms. The smallest absolute Gasteiger partial charge is 0.244 e. The summed E-state index contributed by atoms with van der Waals surface area (Å²) in [6, 6.07) is 13.8. The van der Waals surface area contributed by atoms with Crippen molar-refractivity contribution in [2.24, 2.45) is 0 Å². The third-order valence-corrected chi connectivity index (χ3v) is 4.64. The largest absolute Gasteiger partial charge is 0.506 e. The van der Waals surface area contributed by atoms with Crippen LogP contribution in [0.2, 0.25) is 5.02 Å². The molecule has 0 unspecified atom stereocenters. The van der Waals surface area contributed by atoms with Gasteiger partial charge in [-0.1, -0.05) is 41.9 Å². The second-order valence-corrected chi connectivity index (χ2v) is 6.66. The molecular formula is C18H15ClN2O3S. The lowest BCUT2D eigenvalue weighted by Crippen LogP contribution is -2.39. The van der Waals surface area contributed by atoms with E-state index in [1.807, 2.05) is 35.7 Å². The Morgan fingerprint density at radius 3 is 2.76 bits per heavy atom. The molecule has 2 aromatic rings. The third-order valence-electron chi connectivity index (χ3n) is 3.60. The molecule has 0 aliphatic carbocycles. The summed E-state index contributed by atoms with van der Waals surface area (Å²) in [5.41, 5.74) is 1.76. The van der Waals surface area contributed by atoms with Crippen molar-refractivity contribution in [2.75, 3.05) is 17.6 Å². The maximum Gasteiger partial charge on any atom is 0.244 e. The molecule has 0 fully saturated rings. The Labute approximate surface area is 154 Å². The lowest BCUT2D eigenvalue weighted by molar-refractivity contribution is -0.129. The van der Waals surface area contributed by atoms with Crippen LogP contribution in [-0.4, -0.2) is 34.1 Å². The van der Waals surface area contributed by atoms with Gasteiger partial charge in [0.2, 0.25) is 11.8 Å². The van der Waals surface area contributed by atoms with Crippen LogP contribution in [0.5, 0.6) is 5.75 Å². The van der Waals surface area contributed by atoms with Crippen LogP contribution in [0.4, 0.5) is 5.69 Å². The van der Waals surface area contributed by atoms with E-state index < -0.39 is 5.91 Å². The van der Waals surface area contributed by atoms with E-state index in [1.165, 1.54) is 34.9 Å². The molecule has 1 aliphatic rings. The highest BCUT2D eigenvalue weighted by molar-refractivity contribution is 8.03. The van der Waals surface area contributed by atoms with E-state index in [2.05, 4.69) is 5.32 Å². The molecule has 3 rings (SSSR count). The molecule has 0 aromatic heterocycles. The van der Waals surface area contributed by atoms with Crippen LogP contribution in [0, 0.1) is 0 Å². The van der Waals surface area contributed by atoms with Crippen LogP contribution in [-0.2, 0) is 9.59 Å². The summed E-state index contributed by atoms with van der Waals surface area (Å²) in [5, 5.41) is 14.7. The molecule has 0 radical (unpaired) electrons. The van der Waals surface area contributed by atoms with Gasteiger partial charge in [0, 0.05) is 5.02 Å². The molecule has 0 saturated carbocycles. The number of anilines is 1. The highest BCUT2D eigenvalue weighted by Gasteiger charge is 2.25. The quantitative estimate of drug-likeness (QED) is 0.803. The van der Waals surface area contributed by atoms with Gasteiger partial charge in [0.1, 0.15) is 12.3 Å². The number of halogens is 1. The van der Waals surface area contributed by atoms with Gasteiger partial charge in [-0.05, 0) is 29.2 Å². The van der Waals surface area contributed by atoms with E-state index >= 15 is 0 Å². The Balaban J connectivity index is 1.78. The Morgan fingerprint density at radius 1 is 1.24 bits per heavy atom. The zero-order chi connectivity index (χ0) is 17.8. The first kappa shape index (κ1) is 17.4. The van der Waals surface area contributed by atoms with Crippen LogP contribution in [0.15, 0.2) is 53.9 Å². The molecule has 128 valence electrons. The number of carbonyl (C=O) groups excluding carboxylic acids is 2. The van der Waals surface area contributed by atoms with Gasteiger partial charge in [0.15, 0.2) is 0 Å². The van der Waals surface area contributed by atoms with E-state index in [-0.39, 0.29) is 29.6 Å². The average molecular weight is 375 g/mol. The molecule has 1 aliphatic heterocycles. The van der Waals surface area contributed by atoms with Gasteiger partial charge < -0.3 is 15.3 Å². The Morgan fingerprint density at radius 2 is 2.00 bits per heavy atom. The van der Waals surface area contributed by atoms with Gasteiger partial charge in [0.05, 0.1) is 17.1 Å². The van der Waals surface area contributed by atoms with Crippen LogP contribution in [0.25, 0.3) is 5.70 Å². The van der Waals surface area contributed by atoms with E-state index in [1.54, 1.807) is 0 Å². The number of hydrogen-bond acceptors (Lipinski definition) is 4. The van der Waals surface area contributed by atoms with Gasteiger partial charge in [-0.3, -0.25) is 9.59 Å². The van der Waals surface area contributed by atoms with E-state index in [4.69, 9.17) is 11.6 Å². The number of nitrogens with zero attached hydrogens (tertiary/aromatic N) is 1. The lowest BCUT2D eigenvalue weighted by Gasteiger charge is -2.28. The summed E-state index contributed by atoms with van der Waals surface area (Å²) in [6.07, 6.45) is 0. The van der Waals surface area contributed by atoms with E-state index in [0.29, 0.717) is 10.7 Å². The second-order valence-electron chi connectivity index (χ2n) is 5.37. The van der Waals surface area contributed by atoms with Crippen molar-refractivity contribution in [3.63, 3.8) is 0 Å². The number of rotatable bonds is 4. The van der Waals surface area contributed by atoms with Gasteiger partial charge in [-0.2, -0.15) is 0 Å². The average Bonchev–Trinajstić information content (AvgIpc) is 2.60. The number of thioether (sulfide) groups is 1. The van der Waals surface area contributed by atoms with Gasteiger partial charge in [0.25, 0.3) is 0 Å². The molecule has 2 N–H and O–H groups in total. The fraction of sp³-hybridized carbons (Fsp3) is 0.111. The maximum absolute atomic E-state index is 12.4. The Kier molecular flexibility index (Phi) is 5.31. The molecule has 0 saturated heterocycles. The maximum atomic E-state index is 12.4. The molecule has 1 heterocycles. The molecular weight excluding hydrogens is 360 g/mol. The molecule has 2 amide bonds. The summed E-state index contributed by atoms with van der Waals surface area (Å²) >= 11 is 7.28. The minimum atomic E-state index is -0.417. The third kappa shape index (κ3) is 4.15. The van der Waals surface area contributed by atoms with Gasteiger partial charge >= 0.3 is 0 Å². The van der Waals surface area contributed by atoms with Crippen molar-refractivity contribution >= 4 is 46.6 Å². The first-order chi connectivity index (χ1) is 12.0. The van der Waals surface area contributed by atoms with Crippen LogP contribution < -0.4 is 5.32 Å². The molecule has 5 nitrogen and oxygen atoms in total. The van der Waals surface area contributed by atoms with Crippen molar-refractivity contribution in [3.05, 3.63) is 64.5 Å². The summed E-state index contributed by atoms with van der Waals surface area (Å²) in [7, 11) is 0. The van der Waals surface area contributed by atoms with Crippen molar-refractivity contribution in [1.82, 2.24) is 4.90 Å². The number of nitrogens with one attached hydrogen (secondary N) is 1. The van der Waals surface area contributed by atoms with Gasteiger partial charge in [-0.15, -0.1) is 11.8 Å². The van der Waals surface area contributed by atoms with Crippen LogP contribution >= 0.6 is 23.4 Å². The topological polar surface area (TPSA) is 69.6 Å². The predicted octanol–water partition coefficient (Wildman–Crippen LogP) is 3.56. The minimum absolute atomic E-state index is 0.0860. The summed E-state index contributed by atoms with van der Waals surface area (Å²) in [6.45, 7) is -0.147. The molecule has 25 heavy (non-hydrogen) atoms. The van der Waals surface area contributed by atoms with Crippen molar-refractivity contribution < 1.29 is 14.7 Å². The molecule has 2 aromatic carbocycles. The normalized spacial score (nSPS) is 14.2. The van der Waals surface area contributed by atoms with E-state index in [9.17, 15) is 14.7 Å². The fourth-order valence-electron chi connectivity index (χ4n) is 2.42. The zero-order valence-corrected chi connectivity index (χ0v) is 14.7. The first-order valence-corrected chi connectivity index (χ1v) is 8.93. The Bertz CT molecular complexity index is 839. The first-order valence-electron chi connectivity index (χ1n) is 7.50. The highest BCUT2D eigenvalue weighted by Crippen LogP contribution is 2.29. The molecule has 0 atom stereocenters. The number of benzene rings is 2. The Hall–Kier alpha value is -2.44. The van der Waals surface area contributed by atoms with E-state index in [0.717, 1.165) is 5.56 Å². The number of amides is 2. The number of aromatic hydroxyl groups is 1. The van der Waals surface area contributed by atoms with Crippen molar-refractivity contribution in [2.45, 2.75) is 0 Å². The minimum Gasteiger partial charge on any atom is -0.506 e. The lowest BCUT2D eigenvalue weighted by atomic mass is 10.1. The van der Waals surface area contributed by atoms with Gasteiger partial charge in [-0.25, -0.2) is 0 Å². The fourth-order valence-corrected chi connectivity index (χ4v) is 3.39. The van der Waals surface area contributed by atoms with Crippen molar-refractivity contribution in [3.8, 4) is 5.75 Å². The molecule has 0 bridgehead atoms. The number of hydrogen-bond donors (Lipinski definition) is 2. The summed E-state index contributed by atoms with van der Waals surface area (Å²) < 4.78 is 0. The SMILES string of the molecule is O=C(CN1C(=O)CSC=C1c1ccccc1)Nc1cc(Cl)ccc1O. The summed E-state index contributed by atoms with van der Waals surface area (Å²) in [4.78, 5) is 26.1. The standard InChI is InChI=1S/C18H15ClN2O3S/c19-13-6-7-16(22)14(8-13)20-17(23)9-21-15(10-25-11-18(21)24)12-4-2-1-3-5-12/h1-8,10,22H,9,11H2,(H,20,23). The second kappa shape index (κ2) is 7.63. The monoisotopic (exact) mass is 374 g/mol. The number of phenols is 1. The summed E-state index contributed by atoms with van der Waals surface area (Å²) in [5.74, 6) is -0.361. The zero-order valence-electron chi connectivity index (χ0n) is 13.1. The highest BCUT2D eigenvalue weighted by atomic mass is 35.5. The number of carbonyl (C=O) groups is 2.